The van der Waals surface area contributed by atoms with Crippen LogP contribution in [0.5, 0.6) is 34.5 Å². The number of aromatic hydroxyl groups is 1. The Hall–Kier alpha value is 0.510. The minimum atomic E-state index is -4.28. The van der Waals surface area contributed by atoms with E-state index in [9.17, 15) is 44.0 Å². The third-order valence-electron chi connectivity index (χ3n) is 8.71. The molecule has 334 valence electrons. The molecule has 3 aromatic rings. The second kappa shape index (κ2) is 27.5. The Morgan fingerprint density at radius 2 is 0.952 bits per heavy atom. The van der Waals surface area contributed by atoms with Crippen molar-refractivity contribution in [1.82, 2.24) is 0 Å². The van der Waals surface area contributed by atoms with Crippen molar-refractivity contribution in [3.05, 3.63) is 9.75 Å². The first kappa shape index (κ1) is 58.6. The molecular weight excluding hydrogens is 970 g/mol. The minimum Gasteiger partial charge on any atom is -0.748 e. The molecule has 2 unspecified atom stereocenters. The first-order chi connectivity index (χ1) is 27.9. The van der Waals surface area contributed by atoms with E-state index in [0.29, 0.717) is 74.8 Å². The van der Waals surface area contributed by atoms with E-state index in [2.05, 4.69) is 0 Å². The Balaban J connectivity index is 0.00000441. The Kier molecular flexibility index (Phi) is 26.0. The van der Waals surface area contributed by atoms with Crippen LogP contribution >= 0.6 is 34.0 Å². The molecule has 0 aromatic carbocycles. The van der Waals surface area contributed by atoms with Crippen LogP contribution in [-0.4, -0.2) is 133 Å². The number of hydrogen-bond acceptors (Lipinski definition) is 21. The minimum absolute atomic E-state index is 0. The Morgan fingerprint density at radius 3 is 1.39 bits per heavy atom. The fourth-order valence-corrected chi connectivity index (χ4v) is 11.1. The Labute approximate surface area is 441 Å². The number of fused-ring (bicyclic) bond motifs is 2. The zero-order chi connectivity index (χ0) is 42.8. The molecular formula is C35H47Na3O18S6. The second-order valence-electron chi connectivity index (χ2n) is 13.7. The summed E-state index contributed by atoms with van der Waals surface area (Å²) in [6, 6.07) is 0. The number of unbranched alkanes of at least 4 members (excludes halogenated alkanes) is 3. The third-order valence-corrected chi connectivity index (χ3v) is 14.7. The van der Waals surface area contributed by atoms with Crippen LogP contribution in [0, 0.1) is 13.8 Å². The number of rotatable bonds is 26. The smallest absolute Gasteiger partial charge is 0.748 e. The van der Waals surface area contributed by atoms with Gasteiger partial charge in [0.1, 0.15) is 13.2 Å². The van der Waals surface area contributed by atoms with Crippen LogP contribution in [0.15, 0.2) is 0 Å². The third kappa shape index (κ3) is 18.5. The number of aryl methyl sites for hydroxylation is 2. The van der Waals surface area contributed by atoms with E-state index >= 15 is 0 Å². The van der Waals surface area contributed by atoms with Gasteiger partial charge in [-0.05, 0) is 52.4 Å². The summed E-state index contributed by atoms with van der Waals surface area (Å²) in [6.45, 7) is 5.63. The van der Waals surface area contributed by atoms with Gasteiger partial charge in [0.05, 0.1) is 69.7 Å². The van der Waals surface area contributed by atoms with Crippen molar-refractivity contribution in [2.45, 2.75) is 71.0 Å². The summed E-state index contributed by atoms with van der Waals surface area (Å²) in [5.41, 5.74) is 0. The zero-order valence-corrected chi connectivity index (χ0v) is 46.3. The van der Waals surface area contributed by atoms with Crippen LogP contribution < -0.4 is 112 Å². The molecule has 0 aliphatic carbocycles. The van der Waals surface area contributed by atoms with Crippen LogP contribution in [0.3, 0.4) is 0 Å². The average molecular weight is 1020 g/mol. The predicted molar refractivity (Wildman–Crippen MR) is 216 cm³/mol. The van der Waals surface area contributed by atoms with Crippen LogP contribution in [-0.2, 0) is 44.6 Å². The van der Waals surface area contributed by atoms with Crippen molar-refractivity contribution in [3.8, 4) is 54.0 Å². The van der Waals surface area contributed by atoms with Crippen molar-refractivity contribution in [2.75, 3.05) is 76.7 Å². The van der Waals surface area contributed by atoms with Gasteiger partial charge >= 0.3 is 88.7 Å². The van der Waals surface area contributed by atoms with E-state index in [-0.39, 0.29) is 172 Å². The fourth-order valence-electron chi connectivity index (χ4n) is 5.93. The van der Waals surface area contributed by atoms with E-state index in [1.807, 2.05) is 13.8 Å². The van der Waals surface area contributed by atoms with Gasteiger partial charge in [-0.15, -0.1) is 34.0 Å². The molecule has 0 bridgehead atoms. The molecule has 2 aliphatic rings. The molecule has 0 spiro atoms. The van der Waals surface area contributed by atoms with E-state index in [1.54, 1.807) is 0 Å². The molecule has 2 atom stereocenters. The molecule has 0 radical (unpaired) electrons. The van der Waals surface area contributed by atoms with Crippen molar-refractivity contribution in [3.63, 3.8) is 0 Å². The van der Waals surface area contributed by atoms with E-state index in [4.69, 9.17) is 37.9 Å². The molecule has 0 amide bonds. The summed E-state index contributed by atoms with van der Waals surface area (Å²) in [4.78, 5) is 3.97. The maximum Gasteiger partial charge on any atom is 1.00 e. The van der Waals surface area contributed by atoms with Crippen molar-refractivity contribution in [2.24, 2.45) is 0 Å². The monoisotopic (exact) mass is 1020 g/mol. The molecule has 27 heteroatoms. The van der Waals surface area contributed by atoms with Gasteiger partial charge in [0.2, 0.25) is 0 Å². The first-order valence-corrected chi connectivity index (χ1v) is 26.0. The molecule has 1 N–H and O–H groups in total. The van der Waals surface area contributed by atoms with Gasteiger partial charge in [-0.3, -0.25) is 0 Å². The molecule has 5 heterocycles. The molecule has 3 aromatic heterocycles. The van der Waals surface area contributed by atoms with Gasteiger partial charge in [0, 0.05) is 59.9 Å². The molecule has 18 nitrogen and oxygen atoms in total. The maximum atomic E-state index is 11.8. The summed E-state index contributed by atoms with van der Waals surface area (Å²) in [7, 11) is -12.8. The van der Waals surface area contributed by atoms with Crippen LogP contribution in [0.1, 0.15) is 54.7 Å². The zero-order valence-electron chi connectivity index (χ0n) is 35.4. The Bertz CT molecular complexity index is 2190. The van der Waals surface area contributed by atoms with Crippen molar-refractivity contribution >= 4 is 64.4 Å². The summed E-state index contributed by atoms with van der Waals surface area (Å²) < 4.78 is 146. The van der Waals surface area contributed by atoms with Gasteiger partial charge in [-0.2, -0.15) is 0 Å². The SMILES string of the molecule is Cc1sc(-c2sc(-c3sc(C)c4c3OCC(COCCCCS(=O)(=O)[O-])O4)c(OCCCOCCCCS(=O)(=O)[O-])c2O)c2c1OC(COCCCCS(=O)(=O)[O-])CO2.[Na+].[Na+].[Na+]. The molecule has 62 heavy (non-hydrogen) atoms. The first-order valence-electron chi connectivity index (χ1n) is 18.8. The normalized spacial score (nSPS) is 16.0. The standard InChI is InChI=1S/C35H50O18S6.3Na/c1-22-27-30(50-20-24(52-27)18-47-11-4-7-16-58(40,41)42)34(54-22)32-26(36)29(49-14-9-13-46-10-3-6-15-57(37,38)39)33(56-32)35-31-28(23(2)55-35)53-25(21-51-31)19-48-12-5-8-17-59(43,44)45;;;/h24-25,36H,3-21H2,1-2H3,(H,37,38,39)(H,40,41,42)(H,43,44,45);;;/q;3*+1/p-3. The summed E-state index contributed by atoms with van der Waals surface area (Å²) in [5.74, 6) is 0.727. The predicted octanol–water partition coefficient (Wildman–Crippen LogP) is -4.39. The molecule has 0 saturated heterocycles. The maximum absolute atomic E-state index is 11.8. The second-order valence-corrected chi connectivity index (χ2v) is 21.7. The summed E-state index contributed by atoms with van der Waals surface area (Å²) in [6.07, 6.45) is 1.35. The quantitative estimate of drug-likeness (QED) is 0.0452. The van der Waals surface area contributed by atoms with Gasteiger partial charge in [-0.1, -0.05) is 0 Å². The summed E-state index contributed by atoms with van der Waals surface area (Å²) in [5, 5.41) is 11.8. The molecule has 0 saturated carbocycles. The van der Waals surface area contributed by atoms with Gasteiger partial charge in [0.15, 0.2) is 46.7 Å². The van der Waals surface area contributed by atoms with Gasteiger partial charge < -0.3 is 56.7 Å². The Morgan fingerprint density at radius 1 is 0.548 bits per heavy atom. The van der Waals surface area contributed by atoms with Gasteiger partial charge in [-0.25, -0.2) is 25.3 Å². The molecule has 2 aliphatic heterocycles. The van der Waals surface area contributed by atoms with Crippen LogP contribution in [0.25, 0.3) is 19.5 Å². The number of thiophene rings is 3. The topological polar surface area (TPSA) is 266 Å². The number of hydrogen-bond donors (Lipinski definition) is 1. The largest absolute Gasteiger partial charge is 1.00 e. The summed E-state index contributed by atoms with van der Waals surface area (Å²) >= 11 is 4.05. The number of ether oxygens (including phenoxy) is 8. The van der Waals surface area contributed by atoms with Crippen LogP contribution in [0.2, 0.25) is 0 Å². The van der Waals surface area contributed by atoms with E-state index in [0.717, 1.165) is 9.75 Å². The van der Waals surface area contributed by atoms with Gasteiger partial charge in [0.25, 0.3) is 0 Å². The molecule has 5 rings (SSSR count). The molecule has 0 fully saturated rings. The van der Waals surface area contributed by atoms with E-state index in [1.165, 1.54) is 34.0 Å². The van der Waals surface area contributed by atoms with Crippen molar-refractivity contribution in [1.29, 1.82) is 0 Å². The van der Waals surface area contributed by atoms with Crippen LogP contribution in [0.4, 0.5) is 0 Å². The van der Waals surface area contributed by atoms with E-state index < -0.39 is 59.8 Å². The van der Waals surface area contributed by atoms with Crippen molar-refractivity contribution < 1.29 is 171 Å². The average Bonchev–Trinajstić information content (AvgIpc) is 3.78. The fraction of sp³-hybridized carbons (Fsp3) is 0.657.